The van der Waals surface area contributed by atoms with Gasteiger partial charge >= 0.3 is 0 Å². The second-order valence-corrected chi connectivity index (χ2v) is 7.74. The second-order valence-electron chi connectivity index (χ2n) is 6.83. The van der Waals surface area contributed by atoms with Crippen LogP contribution in [0.5, 0.6) is 0 Å². The van der Waals surface area contributed by atoms with Crippen LogP contribution in [0.2, 0.25) is 0 Å². The Kier molecular flexibility index (Phi) is 4.67. The molecule has 2 fully saturated rings. The van der Waals surface area contributed by atoms with E-state index in [0.717, 1.165) is 29.0 Å². The molecule has 1 aliphatic carbocycles. The fraction of sp³-hybridized carbons (Fsp3) is 0.647. The lowest BCUT2D eigenvalue weighted by atomic mass is 9.96. The maximum Gasteiger partial charge on any atom is 0.128 e. The molecule has 1 aromatic carbocycles. The van der Waals surface area contributed by atoms with Gasteiger partial charge in [0.1, 0.15) is 5.82 Å². The summed E-state index contributed by atoms with van der Waals surface area (Å²) in [5.41, 5.74) is 0.806. The standard InChI is InChI=1S/C17H24BrFN2/c1-11(2)17-8-20-16(12-3-4-12)10-21(17)9-13-5-6-14(18)7-15(13)19/h5-7,11-12,16-17,20H,3-4,8-10H2,1-2H3. The Morgan fingerprint density at radius 3 is 2.76 bits per heavy atom. The topological polar surface area (TPSA) is 15.3 Å². The van der Waals surface area contributed by atoms with E-state index in [1.807, 2.05) is 12.1 Å². The van der Waals surface area contributed by atoms with Crippen LogP contribution in [0, 0.1) is 17.7 Å². The summed E-state index contributed by atoms with van der Waals surface area (Å²) < 4.78 is 14.9. The molecule has 0 aromatic heterocycles. The molecule has 3 rings (SSSR count). The van der Waals surface area contributed by atoms with Gasteiger partial charge in [0.2, 0.25) is 0 Å². The zero-order valence-electron chi connectivity index (χ0n) is 12.8. The molecule has 1 aliphatic heterocycles. The quantitative estimate of drug-likeness (QED) is 0.884. The Labute approximate surface area is 135 Å². The predicted molar refractivity (Wildman–Crippen MR) is 87.7 cm³/mol. The summed E-state index contributed by atoms with van der Waals surface area (Å²) in [4.78, 5) is 2.48. The van der Waals surface area contributed by atoms with Gasteiger partial charge in [0.15, 0.2) is 0 Å². The van der Waals surface area contributed by atoms with E-state index in [4.69, 9.17) is 0 Å². The van der Waals surface area contributed by atoms with Crippen molar-refractivity contribution in [3.63, 3.8) is 0 Å². The Bertz CT molecular complexity index is 502. The minimum Gasteiger partial charge on any atom is -0.311 e. The third-order valence-corrected chi connectivity index (χ3v) is 5.33. The average Bonchev–Trinajstić information content (AvgIpc) is 3.26. The molecule has 0 spiro atoms. The molecule has 2 atom stereocenters. The molecule has 4 heteroatoms. The average molecular weight is 355 g/mol. The van der Waals surface area contributed by atoms with Gasteiger partial charge in [0.05, 0.1) is 0 Å². The van der Waals surface area contributed by atoms with Crippen LogP contribution in [0.4, 0.5) is 4.39 Å². The van der Waals surface area contributed by atoms with Gasteiger partial charge in [-0.15, -0.1) is 0 Å². The minimum atomic E-state index is -0.103. The summed E-state index contributed by atoms with van der Waals surface area (Å²) in [6, 6.07) is 6.50. The molecule has 2 aliphatic rings. The first-order chi connectivity index (χ1) is 10.0. The molecule has 1 heterocycles. The second kappa shape index (κ2) is 6.35. The number of hydrogen-bond acceptors (Lipinski definition) is 2. The summed E-state index contributed by atoms with van der Waals surface area (Å²) in [6.45, 7) is 7.30. The van der Waals surface area contributed by atoms with Crippen LogP contribution in [0.15, 0.2) is 22.7 Å². The largest absolute Gasteiger partial charge is 0.311 e. The van der Waals surface area contributed by atoms with Crippen LogP contribution in [0.1, 0.15) is 32.3 Å². The lowest BCUT2D eigenvalue weighted by Crippen LogP contribution is -2.58. The third kappa shape index (κ3) is 3.66. The lowest BCUT2D eigenvalue weighted by Gasteiger charge is -2.42. The van der Waals surface area contributed by atoms with Crippen molar-refractivity contribution in [1.29, 1.82) is 0 Å². The molecule has 0 bridgehead atoms. The van der Waals surface area contributed by atoms with E-state index in [2.05, 4.69) is 40.0 Å². The molecule has 2 unspecified atom stereocenters. The summed E-state index contributed by atoms with van der Waals surface area (Å²) in [6.07, 6.45) is 2.70. The Hall–Kier alpha value is -0.450. The van der Waals surface area contributed by atoms with Crippen molar-refractivity contribution in [2.45, 2.75) is 45.3 Å². The fourth-order valence-electron chi connectivity index (χ4n) is 3.38. The van der Waals surface area contributed by atoms with Crippen LogP contribution in [-0.2, 0) is 6.54 Å². The molecular weight excluding hydrogens is 331 g/mol. The Balaban J connectivity index is 1.74. The zero-order valence-corrected chi connectivity index (χ0v) is 14.4. The Morgan fingerprint density at radius 1 is 1.38 bits per heavy atom. The van der Waals surface area contributed by atoms with Crippen molar-refractivity contribution < 1.29 is 4.39 Å². The molecule has 2 nitrogen and oxygen atoms in total. The maximum atomic E-state index is 14.1. The fourth-order valence-corrected chi connectivity index (χ4v) is 3.71. The molecular formula is C17H24BrFN2. The van der Waals surface area contributed by atoms with E-state index in [0.29, 0.717) is 24.5 Å². The lowest BCUT2D eigenvalue weighted by molar-refractivity contribution is 0.0841. The van der Waals surface area contributed by atoms with Crippen LogP contribution in [0.25, 0.3) is 0 Å². The maximum absolute atomic E-state index is 14.1. The minimum absolute atomic E-state index is 0.103. The van der Waals surface area contributed by atoms with Gasteiger partial charge in [0, 0.05) is 41.8 Å². The van der Waals surface area contributed by atoms with E-state index in [1.165, 1.54) is 12.8 Å². The van der Waals surface area contributed by atoms with Gasteiger partial charge in [0.25, 0.3) is 0 Å². The summed E-state index contributed by atoms with van der Waals surface area (Å²) in [5, 5.41) is 3.71. The number of halogens is 2. The van der Waals surface area contributed by atoms with Crippen LogP contribution >= 0.6 is 15.9 Å². The normalized spacial score (nSPS) is 27.3. The van der Waals surface area contributed by atoms with E-state index in [9.17, 15) is 4.39 Å². The molecule has 116 valence electrons. The van der Waals surface area contributed by atoms with E-state index in [1.54, 1.807) is 6.07 Å². The summed E-state index contributed by atoms with van der Waals surface area (Å²) in [5.74, 6) is 1.32. The summed E-state index contributed by atoms with van der Waals surface area (Å²) >= 11 is 3.33. The highest BCUT2D eigenvalue weighted by Crippen LogP contribution is 2.35. The van der Waals surface area contributed by atoms with E-state index < -0.39 is 0 Å². The Morgan fingerprint density at radius 2 is 2.14 bits per heavy atom. The van der Waals surface area contributed by atoms with Crippen molar-refractivity contribution in [1.82, 2.24) is 10.2 Å². The van der Waals surface area contributed by atoms with Gasteiger partial charge in [-0.25, -0.2) is 4.39 Å². The van der Waals surface area contributed by atoms with Gasteiger partial charge in [-0.05, 0) is 36.8 Å². The zero-order chi connectivity index (χ0) is 15.0. The van der Waals surface area contributed by atoms with Crippen LogP contribution < -0.4 is 5.32 Å². The molecule has 0 amide bonds. The highest BCUT2D eigenvalue weighted by atomic mass is 79.9. The van der Waals surface area contributed by atoms with E-state index >= 15 is 0 Å². The molecule has 1 saturated carbocycles. The van der Waals surface area contributed by atoms with Gasteiger partial charge in [-0.3, -0.25) is 4.90 Å². The highest BCUT2D eigenvalue weighted by Gasteiger charge is 2.38. The number of rotatable bonds is 4. The SMILES string of the molecule is CC(C)C1CNC(C2CC2)CN1Cc1ccc(Br)cc1F. The van der Waals surface area contributed by atoms with Gasteiger partial charge in [-0.1, -0.05) is 35.8 Å². The van der Waals surface area contributed by atoms with Crippen LogP contribution in [-0.4, -0.2) is 30.1 Å². The van der Waals surface area contributed by atoms with Crippen molar-refractivity contribution in [2.75, 3.05) is 13.1 Å². The summed E-state index contributed by atoms with van der Waals surface area (Å²) in [7, 11) is 0. The number of piperazine rings is 1. The molecule has 1 N–H and O–H groups in total. The molecule has 1 saturated heterocycles. The number of benzene rings is 1. The molecule has 1 aromatic rings. The monoisotopic (exact) mass is 354 g/mol. The molecule has 0 radical (unpaired) electrons. The van der Waals surface area contributed by atoms with Gasteiger partial charge in [-0.2, -0.15) is 0 Å². The highest BCUT2D eigenvalue weighted by molar-refractivity contribution is 9.10. The smallest absolute Gasteiger partial charge is 0.128 e. The molecule has 21 heavy (non-hydrogen) atoms. The van der Waals surface area contributed by atoms with Crippen molar-refractivity contribution in [3.8, 4) is 0 Å². The first kappa shape index (κ1) is 15.4. The predicted octanol–water partition coefficient (Wildman–Crippen LogP) is 3.80. The number of hydrogen-bond donors (Lipinski definition) is 1. The van der Waals surface area contributed by atoms with Gasteiger partial charge < -0.3 is 5.32 Å². The third-order valence-electron chi connectivity index (χ3n) is 4.84. The van der Waals surface area contributed by atoms with E-state index in [-0.39, 0.29) is 5.82 Å². The first-order valence-electron chi connectivity index (χ1n) is 7.96. The van der Waals surface area contributed by atoms with Crippen molar-refractivity contribution in [3.05, 3.63) is 34.1 Å². The number of nitrogens with one attached hydrogen (secondary N) is 1. The first-order valence-corrected chi connectivity index (χ1v) is 8.75. The van der Waals surface area contributed by atoms with Crippen LogP contribution in [0.3, 0.4) is 0 Å². The van der Waals surface area contributed by atoms with Crippen molar-refractivity contribution >= 4 is 15.9 Å². The van der Waals surface area contributed by atoms with Crippen molar-refractivity contribution in [2.24, 2.45) is 11.8 Å². The number of nitrogens with zero attached hydrogens (tertiary/aromatic N) is 1.